The Morgan fingerprint density at radius 2 is 2.60 bits per heavy atom. The van der Waals surface area contributed by atoms with Crippen LogP contribution in [0.5, 0.6) is 0 Å². The Morgan fingerprint density at radius 1 is 1.67 bits per heavy atom. The molecule has 15 heavy (non-hydrogen) atoms. The number of hydrogen-bond donors (Lipinski definition) is 2. The van der Waals surface area contributed by atoms with E-state index in [9.17, 15) is 4.79 Å². The molecule has 0 aliphatic carbocycles. The summed E-state index contributed by atoms with van der Waals surface area (Å²) in [6, 6.07) is 3.62. The molecule has 0 aromatic carbocycles. The first-order chi connectivity index (χ1) is 7.36. The Labute approximate surface area is 88.3 Å². The van der Waals surface area contributed by atoms with E-state index < -0.39 is 0 Å². The first-order valence-electron chi connectivity index (χ1n) is 5.14. The minimum Gasteiger partial charge on any atom is -0.349 e. The molecule has 0 unspecified atom stereocenters. The lowest BCUT2D eigenvalue weighted by atomic mass is 10.2. The van der Waals surface area contributed by atoms with Crippen LogP contribution in [-0.4, -0.2) is 28.7 Å². The van der Waals surface area contributed by atoms with Gasteiger partial charge in [-0.15, -0.1) is 0 Å². The molecule has 5 nitrogen and oxygen atoms in total. The van der Waals surface area contributed by atoms with Crippen LogP contribution in [0.25, 0.3) is 0 Å². The van der Waals surface area contributed by atoms with E-state index in [-0.39, 0.29) is 11.9 Å². The summed E-state index contributed by atoms with van der Waals surface area (Å²) < 4.78 is 0. The minimum atomic E-state index is -0.0262. The zero-order valence-electron chi connectivity index (χ0n) is 8.44. The van der Waals surface area contributed by atoms with Crippen LogP contribution in [0.2, 0.25) is 0 Å². The van der Waals surface area contributed by atoms with Crippen molar-refractivity contribution in [3.63, 3.8) is 0 Å². The standard InChI is InChI=1S/C10H14N4O/c15-10(9-4-2-5-11-9)12-7-8-3-1-6-13-14-8/h1,3,6,9,11H,2,4-5,7H2,(H,12,15)/t9-/m0/s1. The quantitative estimate of drug-likeness (QED) is 0.721. The number of amides is 1. The summed E-state index contributed by atoms with van der Waals surface area (Å²) in [6.07, 6.45) is 3.61. The van der Waals surface area contributed by atoms with E-state index in [0.29, 0.717) is 6.54 Å². The Hall–Kier alpha value is -1.49. The van der Waals surface area contributed by atoms with E-state index in [1.54, 1.807) is 6.20 Å². The predicted molar refractivity (Wildman–Crippen MR) is 54.9 cm³/mol. The Morgan fingerprint density at radius 3 is 3.27 bits per heavy atom. The maximum absolute atomic E-state index is 11.6. The highest BCUT2D eigenvalue weighted by molar-refractivity contribution is 5.81. The Bertz CT molecular complexity index is 321. The average Bonchev–Trinajstić information content (AvgIpc) is 2.81. The van der Waals surface area contributed by atoms with Gasteiger partial charge < -0.3 is 10.6 Å². The molecule has 0 bridgehead atoms. The molecule has 1 amide bonds. The number of nitrogens with zero attached hydrogens (tertiary/aromatic N) is 2. The normalized spacial score (nSPS) is 20.1. The monoisotopic (exact) mass is 206 g/mol. The average molecular weight is 206 g/mol. The molecule has 0 radical (unpaired) electrons. The van der Waals surface area contributed by atoms with Crippen LogP contribution in [0.3, 0.4) is 0 Å². The van der Waals surface area contributed by atoms with E-state index in [1.165, 1.54) is 0 Å². The third-order valence-electron chi connectivity index (χ3n) is 2.45. The number of carbonyl (C=O) groups is 1. The molecule has 0 spiro atoms. The van der Waals surface area contributed by atoms with Gasteiger partial charge in [0.05, 0.1) is 18.3 Å². The summed E-state index contributed by atoms with van der Waals surface area (Å²) in [5, 5.41) is 13.6. The highest BCUT2D eigenvalue weighted by atomic mass is 16.2. The summed E-state index contributed by atoms with van der Waals surface area (Å²) >= 11 is 0. The molecule has 2 heterocycles. The molecule has 1 aliphatic rings. The van der Waals surface area contributed by atoms with Gasteiger partial charge in [-0.25, -0.2) is 0 Å². The van der Waals surface area contributed by atoms with Gasteiger partial charge in [-0.1, -0.05) is 0 Å². The fraction of sp³-hybridized carbons (Fsp3) is 0.500. The third-order valence-corrected chi connectivity index (χ3v) is 2.45. The van der Waals surface area contributed by atoms with Crippen molar-refractivity contribution in [2.24, 2.45) is 0 Å². The smallest absolute Gasteiger partial charge is 0.237 e. The Balaban J connectivity index is 1.80. The van der Waals surface area contributed by atoms with Crippen molar-refractivity contribution < 1.29 is 4.79 Å². The van der Waals surface area contributed by atoms with Gasteiger partial charge in [0.15, 0.2) is 0 Å². The van der Waals surface area contributed by atoms with Crippen molar-refractivity contribution in [2.45, 2.75) is 25.4 Å². The number of rotatable bonds is 3. The van der Waals surface area contributed by atoms with Crippen molar-refractivity contribution in [3.05, 3.63) is 24.0 Å². The minimum absolute atomic E-state index is 0.0262. The Kier molecular flexibility index (Phi) is 3.24. The van der Waals surface area contributed by atoms with Crippen LogP contribution in [0.15, 0.2) is 18.3 Å². The van der Waals surface area contributed by atoms with Crippen LogP contribution in [0.1, 0.15) is 18.5 Å². The molecule has 1 aromatic rings. The van der Waals surface area contributed by atoms with Gasteiger partial charge in [0, 0.05) is 6.20 Å². The lowest BCUT2D eigenvalue weighted by Crippen LogP contribution is -2.40. The van der Waals surface area contributed by atoms with Crippen molar-refractivity contribution in [3.8, 4) is 0 Å². The molecule has 1 aromatic heterocycles. The fourth-order valence-electron chi connectivity index (χ4n) is 1.64. The van der Waals surface area contributed by atoms with Gasteiger partial charge in [-0.2, -0.15) is 10.2 Å². The fourth-order valence-corrected chi connectivity index (χ4v) is 1.64. The molecule has 1 atom stereocenters. The van der Waals surface area contributed by atoms with E-state index >= 15 is 0 Å². The van der Waals surface area contributed by atoms with E-state index in [1.807, 2.05) is 12.1 Å². The van der Waals surface area contributed by atoms with E-state index in [4.69, 9.17) is 0 Å². The summed E-state index contributed by atoms with van der Waals surface area (Å²) in [6.45, 7) is 1.38. The second kappa shape index (κ2) is 4.84. The van der Waals surface area contributed by atoms with Gasteiger partial charge in [0.2, 0.25) is 5.91 Å². The predicted octanol–water partition coefficient (Wildman–Crippen LogP) is -0.155. The van der Waals surface area contributed by atoms with Crippen molar-refractivity contribution in [2.75, 3.05) is 6.54 Å². The van der Waals surface area contributed by atoms with Crippen LogP contribution >= 0.6 is 0 Å². The van der Waals surface area contributed by atoms with Crippen LogP contribution in [0.4, 0.5) is 0 Å². The molecule has 80 valence electrons. The van der Waals surface area contributed by atoms with Gasteiger partial charge in [-0.3, -0.25) is 4.79 Å². The second-order valence-electron chi connectivity index (χ2n) is 3.58. The third kappa shape index (κ3) is 2.73. The molecule has 2 N–H and O–H groups in total. The molecule has 0 saturated carbocycles. The first kappa shape index (κ1) is 10.0. The largest absolute Gasteiger partial charge is 0.349 e. The summed E-state index contributed by atoms with van der Waals surface area (Å²) in [4.78, 5) is 11.6. The van der Waals surface area contributed by atoms with Crippen LogP contribution in [0, 0.1) is 0 Å². The van der Waals surface area contributed by atoms with Crippen molar-refractivity contribution >= 4 is 5.91 Å². The van der Waals surface area contributed by atoms with Crippen molar-refractivity contribution in [1.82, 2.24) is 20.8 Å². The molecule has 1 saturated heterocycles. The lowest BCUT2D eigenvalue weighted by molar-refractivity contribution is -0.122. The van der Waals surface area contributed by atoms with E-state index in [2.05, 4.69) is 20.8 Å². The highest BCUT2D eigenvalue weighted by Crippen LogP contribution is 2.04. The summed E-state index contributed by atoms with van der Waals surface area (Å²) in [7, 11) is 0. The van der Waals surface area contributed by atoms with Crippen LogP contribution < -0.4 is 10.6 Å². The van der Waals surface area contributed by atoms with Crippen LogP contribution in [-0.2, 0) is 11.3 Å². The van der Waals surface area contributed by atoms with Crippen molar-refractivity contribution in [1.29, 1.82) is 0 Å². The lowest BCUT2D eigenvalue weighted by Gasteiger charge is -2.10. The topological polar surface area (TPSA) is 66.9 Å². The molecule has 2 rings (SSSR count). The molecule has 5 heteroatoms. The molecule has 1 aliphatic heterocycles. The zero-order chi connectivity index (χ0) is 10.5. The number of carbonyl (C=O) groups excluding carboxylic acids is 1. The van der Waals surface area contributed by atoms with Gasteiger partial charge in [0.25, 0.3) is 0 Å². The van der Waals surface area contributed by atoms with Gasteiger partial charge >= 0.3 is 0 Å². The number of hydrogen-bond acceptors (Lipinski definition) is 4. The molecular weight excluding hydrogens is 192 g/mol. The molecule has 1 fully saturated rings. The summed E-state index contributed by atoms with van der Waals surface area (Å²) in [5.41, 5.74) is 0.781. The number of nitrogens with one attached hydrogen (secondary N) is 2. The maximum atomic E-state index is 11.6. The van der Waals surface area contributed by atoms with E-state index in [0.717, 1.165) is 25.1 Å². The second-order valence-corrected chi connectivity index (χ2v) is 3.58. The number of aromatic nitrogens is 2. The first-order valence-corrected chi connectivity index (χ1v) is 5.14. The highest BCUT2D eigenvalue weighted by Gasteiger charge is 2.21. The van der Waals surface area contributed by atoms with Gasteiger partial charge in [0.1, 0.15) is 0 Å². The molecular formula is C10H14N4O. The SMILES string of the molecule is O=C(NCc1cccnn1)[C@@H]1CCCN1. The van der Waals surface area contributed by atoms with Gasteiger partial charge in [-0.05, 0) is 31.5 Å². The zero-order valence-corrected chi connectivity index (χ0v) is 8.44. The maximum Gasteiger partial charge on any atom is 0.237 e. The summed E-state index contributed by atoms with van der Waals surface area (Å²) in [5.74, 6) is 0.0538.